The van der Waals surface area contributed by atoms with Crippen LogP contribution in [0.15, 0.2) is 12.2 Å². The van der Waals surface area contributed by atoms with E-state index in [1.165, 1.54) is 57.8 Å². The number of carboxylic acid groups (broad SMARTS) is 1. The van der Waals surface area contributed by atoms with Crippen LogP contribution in [-0.2, 0) is 9.59 Å². The molecule has 0 rings (SSSR count). The Morgan fingerprint density at radius 3 is 1.79 bits per heavy atom. The minimum Gasteiger partial charge on any atom is -0.478 e. The Morgan fingerprint density at radius 2 is 1.25 bits per heavy atom. The van der Waals surface area contributed by atoms with Gasteiger partial charge in [-0.2, -0.15) is 0 Å². The summed E-state index contributed by atoms with van der Waals surface area (Å²) < 4.78 is 0. The van der Waals surface area contributed by atoms with Gasteiger partial charge in [0.25, 0.3) is 0 Å². The van der Waals surface area contributed by atoms with Gasteiger partial charge in [0.15, 0.2) is 5.78 Å². The van der Waals surface area contributed by atoms with Gasteiger partial charge in [0, 0.05) is 12.5 Å². The molecule has 0 fully saturated rings. The van der Waals surface area contributed by atoms with E-state index in [-0.39, 0.29) is 5.78 Å². The number of allylic oxidation sites excluding steroid dienone is 1. The molecule has 0 aromatic carbocycles. The molecule has 0 aliphatic rings. The molecule has 0 unspecified atom stereocenters. The van der Waals surface area contributed by atoms with Gasteiger partial charge in [-0.05, 0) is 38.4 Å². The van der Waals surface area contributed by atoms with E-state index in [4.69, 9.17) is 5.11 Å². The summed E-state index contributed by atoms with van der Waals surface area (Å²) in [7, 11) is 0. The zero-order valence-electron chi connectivity index (χ0n) is 15.5. The minimum atomic E-state index is -1.06. The molecule has 2 N–H and O–H groups in total. The minimum absolute atomic E-state index is 0.0868. The van der Waals surface area contributed by atoms with E-state index in [9.17, 15) is 9.59 Å². The second-order valence-corrected chi connectivity index (χ2v) is 6.53. The summed E-state index contributed by atoms with van der Waals surface area (Å²) in [5.74, 6) is -1.15. The summed E-state index contributed by atoms with van der Waals surface area (Å²) in [5, 5.41) is 11.9. The third-order valence-corrected chi connectivity index (χ3v) is 4.15. The summed E-state index contributed by atoms with van der Waals surface area (Å²) >= 11 is 0. The molecule has 0 radical (unpaired) electrons. The van der Waals surface area contributed by atoms with Gasteiger partial charge in [-0.3, -0.25) is 4.79 Å². The number of aliphatic carboxylic acids is 1. The van der Waals surface area contributed by atoms with E-state index < -0.39 is 5.97 Å². The van der Waals surface area contributed by atoms with Gasteiger partial charge >= 0.3 is 5.97 Å². The van der Waals surface area contributed by atoms with Crippen molar-refractivity contribution in [2.24, 2.45) is 0 Å². The van der Waals surface area contributed by atoms with Crippen LogP contribution in [0.2, 0.25) is 0 Å². The molecule has 4 nitrogen and oxygen atoms in total. The van der Waals surface area contributed by atoms with Gasteiger partial charge in [-0.15, -0.1) is 0 Å². The van der Waals surface area contributed by atoms with Crippen molar-refractivity contribution in [3.8, 4) is 0 Å². The second kappa shape index (κ2) is 18.2. The molecule has 0 saturated carbocycles. The fraction of sp³-hybridized carbons (Fsp3) is 0.800. The van der Waals surface area contributed by atoms with Crippen molar-refractivity contribution < 1.29 is 14.7 Å². The SMILES string of the molecule is CCCCCCCCNCCCCCCCCC(=O)C=CC(=O)O. The van der Waals surface area contributed by atoms with Gasteiger partial charge in [-0.1, -0.05) is 64.7 Å². The van der Waals surface area contributed by atoms with Crippen molar-refractivity contribution in [3.63, 3.8) is 0 Å². The molecule has 4 heteroatoms. The highest BCUT2D eigenvalue weighted by Gasteiger charge is 1.98. The molecule has 140 valence electrons. The summed E-state index contributed by atoms with van der Waals surface area (Å²) in [6, 6.07) is 0. The maximum Gasteiger partial charge on any atom is 0.328 e. The number of carboxylic acids is 1. The lowest BCUT2D eigenvalue weighted by Crippen LogP contribution is -2.16. The van der Waals surface area contributed by atoms with Crippen LogP contribution in [0, 0.1) is 0 Å². The van der Waals surface area contributed by atoms with Crippen molar-refractivity contribution in [2.75, 3.05) is 13.1 Å². The lowest BCUT2D eigenvalue weighted by molar-refractivity contribution is -0.131. The Morgan fingerprint density at radius 1 is 0.750 bits per heavy atom. The molecule has 0 heterocycles. The van der Waals surface area contributed by atoms with Crippen LogP contribution in [0.4, 0.5) is 0 Å². The average molecular weight is 340 g/mol. The highest BCUT2D eigenvalue weighted by atomic mass is 16.4. The molecule has 0 amide bonds. The summed E-state index contributed by atoms with van der Waals surface area (Å²) in [5.41, 5.74) is 0. The molecule has 0 aromatic rings. The van der Waals surface area contributed by atoms with Crippen LogP contribution in [0.25, 0.3) is 0 Å². The molecule has 0 aromatic heterocycles. The first-order valence-electron chi connectivity index (χ1n) is 9.81. The highest BCUT2D eigenvalue weighted by molar-refractivity contribution is 5.95. The normalized spacial score (nSPS) is 11.2. The first kappa shape index (κ1) is 22.8. The summed E-state index contributed by atoms with van der Waals surface area (Å²) in [4.78, 5) is 21.6. The Bertz CT molecular complexity index is 340. The predicted molar refractivity (Wildman–Crippen MR) is 100 cm³/mol. The molecule has 0 spiro atoms. The highest BCUT2D eigenvalue weighted by Crippen LogP contribution is 2.08. The third kappa shape index (κ3) is 18.9. The standard InChI is InChI=1S/C20H37NO3/c1-2-3-4-5-9-12-17-21-18-13-10-7-6-8-11-14-19(22)15-16-20(23)24/h15-16,21H,2-14,17-18H2,1H3,(H,23,24). The second-order valence-electron chi connectivity index (χ2n) is 6.53. The molecule has 24 heavy (non-hydrogen) atoms. The smallest absolute Gasteiger partial charge is 0.328 e. The molecule has 0 aliphatic heterocycles. The number of carbonyl (C=O) groups excluding carboxylic acids is 1. The van der Waals surface area contributed by atoms with E-state index >= 15 is 0 Å². The lowest BCUT2D eigenvalue weighted by atomic mass is 10.1. The molecule has 0 atom stereocenters. The van der Waals surface area contributed by atoms with Crippen LogP contribution < -0.4 is 5.32 Å². The Balaban J connectivity index is 3.15. The zero-order chi connectivity index (χ0) is 17.9. The quantitative estimate of drug-likeness (QED) is 0.276. The van der Waals surface area contributed by atoms with Crippen molar-refractivity contribution in [1.82, 2.24) is 5.32 Å². The van der Waals surface area contributed by atoms with Gasteiger partial charge < -0.3 is 10.4 Å². The third-order valence-electron chi connectivity index (χ3n) is 4.15. The van der Waals surface area contributed by atoms with E-state index in [1.54, 1.807) is 0 Å². The van der Waals surface area contributed by atoms with Crippen LogP contribution in [0.3, 0.4) is 0 Å². The van der Waals surface area contributed by atoms with Gasteiger partial charge in [0.05, 0.1) is 0 Å². The monoisotopic (exact) mass is 339 g/mol. The number of hydrogen-bond acceptors (Lipinski definition) is 3. The lowest BCUT2D eigenvalue weighted by Gasteiger charge is -2.05. The van der Waals surface area contributed by atoms with Gasteiger partial charge in [-0.25, -0.2) is 4.79 Å². The Hall–Kier alpha value is -1.16. The van der Waals surface area contributed by atoms with E-state index in [0.29, 0.717) is 6.42 Å². The van der Waals surface area contributed by atoms with E-state index in [2.05, 4.69) is 12.2 Å². The first-order valence-corrected chi connectivity index (χ1v) is 9.81. The first-order chi connectivity index (χ1) is 11.7. The van der Waals surface area contributed by atoms with Crippen LogP contribution in [-0.4, -0.2) is 29.9 Å². The molecular weight excluding hydrogens is 302 g/mol. The van der Waals surface area contributed by atoms with Crippen molar-refractivity contribution >= 4 is 11.8 Å². The van der Waals surface area contributed by atoms with Crippen LogP contribution in [0.5, 0.6) is 0 Å². The number of hydrogen-bond donors (Lipinski definition) is 2. The maximum atomic E-state index is 11.3. The topological polar surface area (TPSA) is 66.4 Å². The summed E-state index contributed by atoms with van der Waals surface area (Å²) in [6.45, 7) is 4.52. The summed E-state index contributed by atoms with van der Waals surface area (Å²) in [6.07, 6.45) is 17.4. The fourth-order valence-electron chi connectivity index (χ4n) is 2.66. The molecule has 0 aliphatic carbocycles. The Labute approximate surface area is 148 Å². The zero-order valence-corrected chi connectivity index (χ0v) is 15.5. The predicted octanol–water partition coefficient (Wildman–Crippen LogP) is 4.88. The van der Waals surface area contributed by atoms with Crippen molar-refractivity contribution in [2.45, 2.75) is 90.4 Å². The fourth-order valence-corrected chi connectivity index (χ4v) is 2.66. The number of carbonyl (C=O) groups is 2. The molecule has 0 bridgehead atoms. The van der Waals surface area contributed by atoms with E-state index in [1.807, 2.05) is 0 Å². The number of nitrogens with one attached hydrogen (secondary N) is 1. The van der Waals surface area contributed by atoms with Crippen molar-refractivity contribution in [1.29, 1.82) is 0 Å². The number of unbranched alkanes of at least 4 members (excludes halogenated alkanes) is 10. The average Bonchev–Trinajstić information content (AvgIpc) is 2.56. The van der Waals surface area contributed by atoms with Crippen LogP contribution in [0.1, 0.15) is 90.4 Å². The largest absolute Gasteiger partial charge is 0.478 e. The number of ketones is 1. The Kier molecular flexibility index (Phi) is 17.3. The van der Waals surface area contributed by atoms with Crippen LogP contribution >= 0.6 is 0 Å². The molecule has 0 saturated heterocycles. The molecular formula is C20H37NO3. The van der Waals surface area contributed by atoms with Crippen molar-refractivity contribution in [3.05, 3.63) is 12.2 Å². The number of rotatable bonds is 18. The van der Waals surface area contributed by atoms with Gasteiger partial charge in [0.1, 0.15) is 0 Å². The van der Waals surface area contributed by atoms with E-state index in [0.717, 1.165) is 44.5 Å². The maximum absolute atomic E-state index is 11.3. The van der Waals surface area contributed by atoms with Gasteiger partial charge in [0.2, 0.25) is 0 Å².